The maximum absolute atomic E-state index is 12.5. The molecule has 0 spiro atoms. The average molecular weight is 455 g/mol. The summed E-state index contributed by atoms with van der Waals surface area (Å²) in [7, 11) is 0. The maximum Gasteiger partial charge on any atom is 0.259 e. The van der Waals surface area contributed by atoms with Gasteiger partial charge < -0.3 is 15.6 Å². The minimum absolute atomic E-state index is 0.0738. The molecule has 2 aliphatic rings. The molecule has 2 heterocycles. The summed E-state index contributed by atoms with van der Waals surface area (Å²) in [5.74, 6) is 1.08. The number of fused-ring (bicyclic) bond motifs is 3. The van der Waals surface area contributed by atoms with Gasteiger partial charge in [-0.25, -0.2) is 4.98 Å². The number of carbonyl (C=O) groups is 2. The number of nitrogens with zero attached hydrogens (tertiary/aromatic N) is 1. The molecule has 1 aromatic carbocycles. The van der Waals surface area contributed by atoms with Crippen LogP contribution in [0.5, 0.6) is 0 Å². The number of nitrogens with one attached hydrogen (secondary N) is 3. The van der Waals surface area contributed by atoms with E-state index in [1.165, 1.54) is 22.2 Å². The van der Waals surface area contributed by atoms with Crippen LogP contribution in [0.2, 0.25) is 0 Å². The molecule has 3 N–H and O–H groups in total. The van der Waals surface area contributed by atoms with Gasteiger partial charge in [-0.15, -0.1) is 23.1 Å². The Balaban J connectivity index is 1.14. The normalized spacial score (nSPS) is 15.1. The van der Waals surface area contributed by atoms with Gasteiger partial charge in [0.15, 0.2) is 0 Å². The first-order valence-corrected chi connectivity index (χ1v) is 12.4. The van der Waals surface area contributed by atoms with Crippen molar-refractivity contribution >= 4 is 50.8 Å². The lowest BCUT2D eigenvalue weighted by Crippen LogP contribution is -2.25. The van der Waals surface area contributed by atoms with Gasteiger partial charge in [-0.05, 0) is 61.9 Å². The van der Waals surface area contributed by atoms with Gasteiger partial charge >= 0.3 is 0 Å². The van der Waals surface area contributed by atoms with Gasteiger partial charge in [0.1, 0.15) is 10.7 Å². The van der Waals surface area contributed by atoms with Crippen LogP contribution in [0.3, 0.4) is 0 Å². The molecule has 2 amide bonds. The van der Waals surface area contributed by atoms with Crippen molar-refractivity contribution in [3.05, 3.63) is 56.4 Å². The first-order chi connectivity index (χ1) is 15.1. The predicted octanol–water partition coefficient (Wildman–Crippen LogP) is 3.24. The van der Waals surface area contributed by atoms with E-state index in [1.54, 1.807) is 35.6 Å². The second kappa shape index (κ2) is 8.47. The van der Waals surface area contributed by atoms with Crippen molar-refractivity contribution in [3.8, 4) is 0 Å². The first-order valence-electron chi connectivity index (χ1n) is 10.4. The van der Waals surface area contributed by atoms with Crippen LogP contribution in [-0.4, -0.2) is 33.6 Å². The molecule has 0 aliphatic heterocycles. The average Bonchev–Trinajstić information content (AvgIpc) is 3.31. The number of H-pyrrole nitrogens is 1. The Kier molecular flexibility index (Phi) is 5.54. The number of carbonyl (C=O) groups excluding carboxylic acids is 2. The monoisotopic (exact) mass is 454 g/mol. The van der Waals surface area contributed by atoms with E-state index in [0.29, 0.717) is 28.9 Å². The third-order valence-electron chi connectivity index (χ3n) is 5.44. The molecule has 160 valence electrons. The molecular weight excluding hydrogens is 432 g/mol. The molecular formula is C22H22N4O3S2. The molecule has 0 saturated heterocycles. The van der Waals surface area contributed by atoms with Crippen LogP contribution in [0.1, 0.15) is 45.9 Å². The molecule has 0 atom stereocenters. The Hall–Kier alpha value is -2.65. The van der Waals surface area contributed by atoms with E-state index in [4.69, 9.17) is 0 Å². The fraction of sp³-hybridized carbons (Fsp3) is 0.364. The van der Waals surface area contributed by atoms with Gasteiger partial charge in [0, 0.05) is 22.2 Å². The number of benzene rings is 1. The van der Waals surface area contributed by atoms with Crippen LogP contribution in [0.25, 0.3) is 10.2 Å². The third kappa shape index (κ3) is 4.52. The van der Waals surface area contributed by atoms with E-state index >= 15 is 0 Å². The highest BCUT2D eigenvalue weighted by Gasteiger charge is 2.24. The van der Waals surface area contributed by atoms with Gasteiger partial charge in [0.2, 0.25) is 5.91 Å². The summed E-state index contributed by atoms with van der Waals surface area (Å²) >= 11 is 3.02. The molecule has 5 rings (SSSR count). The molecule has 2 aliphatic carbocycles. The largest absolute Gasteiger partial charge is 0.349 e. The molecule has 7 nitrogen and oxygen atoms in total. The minimum atomic E-state index is -0.140. The highest BCUT2D eigenvalue weighted by Crippen LogP contribution is 2.34. The molecule has 1 saturated carbocycles. The fourth-order valence-electron chi connectivity index (χ4n) is 3.75. The van der Waals surface area contributed by atoms with E-state index in [-0.39, 0.29) is 23.1 Å². The number of aryl methyl sites for hydroxylation is 2. The van der Waals surface area contributed by atoms with Crippen LogP contribution < -0.4 is 16.2 Å². The number of amides is 2. The van der Waals surface area contributed by atoms with Crippen LogP contribution in [0.15, 0.2) is 29.1 Å². The summed E-state index contributed by atoms with van der Waals surface area (Å²) in [4.78, 5) is 46.3. The quantitative estimate of drug-likeness (QED) is 0.508. The molecule has 31 heavy (non-hydrogen) atoms. The molecule has 0 radical (unpaired) electrons. The second-order valence-corrected chi connectivity index (χ2v) is 9.99. The maximum atomic E-state index is 12.5. The van der Waals surface area contributed by atoms with Crippen molar-refractivity contribution < 1.29 is 9.59 Å². The Morgan fingerprint density at radius 2 is 2.00 bits per heavy atom. The number of hydrogen-bond donors (Lipinski definition) is 3. The lowest BCUT2D eigenvalue weighted by molar-refractivity contribution is -0.113. The minimum Gasteiger partial charge on any atom is -0.349 e. The second-order valence-electron chi connectivity index (χ2n) is 7.92. The SMILES string of the molecule is O=C(CSCc1nc2sc3c(c2c(=O)[nH]1)CCC3)Nc1ccc(C(=O)NC2CC2)cc1. The van der Waals surface area contributed by atoms with E-state index in [0.717, 1.165) is 42.3 Å². The van der Waals surface area contributed by atoms with Crippen molar-refractivity contribution in [1.29, 1.82) is 0 Å². The zero-order valence-electron chi connectivity index (χ0n) is 16.8. The Morgan fingerprint density at radius 3 is 2.77 bits per heavy atom. The lowest BCUT2D eigenvalue weighted by atomic mass is 10.2. The summed E-state index contributed by atoms with van der Waals surface area (Å²) in [5.41, 5.74) is 2.33. The number of thiophene rings is 1. The van der Waals surface area contributed by atoms with E-state index in [1.807, 2.05) is 0 Å². The Morgan fingerprint density at radius 1 is 1.19 bits per heavy atom. The molecule has 9 heteroatoms. The molecule has 1 fully saturated rings. The Labute approximate surface area is 187 Å². The first kappa shape index (κ1) is 20.3. The number of thioether (sulfide) groups is 1. The number of rotatable bonds is 7. The van der Waals surface area contributed by atoms with Crippen molar-refractivity contribution in [2.75, 3.05) is 11.1 Å². The zero-order chi connectivity index (χ0) is 21.4. The molecule has 3 aromatic rings. The predicted molar refractivity (Wildman–Crippen MR) is 124 cm³/mol. The highest BCUT2D eigenvalue weighted by atomic mass is 32.2. The van der Waals surface area contributed by atoms with Gasteiger partial charge in [-0.1, -0.05) is 0 Å². The van der Waals surface area contributed by atoms with Crippen LogP contribution in [0, 0.1) is 0 Å². The number of anilines is 1. The van der Waals surface area contributed by atoms with Crippen LogP contribution in [0.4, 0.5) is 5.69 Å². The van der Waals surface area contributed by atoms with Crippen LogP contribution >= 0.6 is 23.1 Å². The number of aromatic amines is 1. The van der Waals surface area contributed by atoms with Gasteiger partial charge in [0.25, 0.3) is 11.5 Å². The van der Waals surface area contributed by atoms with E-state index < -0.39 is 0 Å². The van der Waals surface area contributed by atoms with Gasteiger partial charge in [-0.3, -0.25) is 14.4 Å². The number of aromatic nitrogens is 2. The summed E-state index contributed by atoms with van der Waals surface area (Å²) in [5, 5.41) is 6.52. The van der Waals surface area contributed by atoms with Gasteiger partial charge in [0.05, 0.1) is 16.9 Å². The number of hydrogen-bond acceptors (Lipinski definition) is 6. The molecule has 2 aromatic heterocycles. The van der Waals surface area contributed by atoms with Crippen molar-refractivity contribution in [3.63, 3.8) is 0 Å². The summed E-state index contributed by atoms with van der Waals surface area (Å²) in [6.45, 7) is 0. The van der Waals surface area contributed by atoms with Gasteiger partial charge in [-0.2, -0.15) is 0 Å². The summed E-state index contributed by atoms with van der Waals surface area (Å²) in [6, 6.07) is 7.20. The van der Waals surface area contributed by atoms with Crippen LogP contribution in [-0.2, 0) is 23.4 Å². The van der Waals surface area contributed by atoms with Crippen molar-refractivity contribution in [1.82, 2.24) is 15.3 Å². The smallest absolute Gasteiger partial charge is 0.259 e. The lowest BCUT2D eigenvalue weighted by Gasteiger charge is -2.07. The summed E-state index contributed by atoms with van der Waals surface area (Å²) in [6.07, 6.45) is 5.20. The molecule has 0 unspecified atom stereocenters. The fourth-order valence-corrected chi connectivity index (χ4v) is 5.72. The zero-order valence-corrected chi connectivity index (χ0v) is 18.5. The molecule has 0 bridgehead atoms. The topological polar surface area (TPSA) is 104 Å². The summed E-state index contributed by atoms with van der Waals surface area (Å²) < 4.78 is 0. The van der Waals surface area contributed by atoms with E-state index in [9.17, 15) is 14.4 Å². The van der Waals surface area contributed by atoms with E-state index in [2.05, 4.69) is 20.6 Å². The van der Waals surface area contributed by atoms with Crippen molar-refractivity contribution in [2.45, 2.75) is 43.9 Å². The highest BCUT2D eigenvalue weighted by molar-refractivity contribution is 7.99. The third-order valence-corrected chi connectivity index (χ3v) is 7.57. The Bertz CT molecular complexity index is 1210. The standard InChI is InChI=1S/C22H22N4O3S2/c27-18(23-13-6-4-12(5-7-13)20(28)24-14-8-9-14)11-30-10-17-25-21(29)19-15-2-1-3-16(15)31-22(19)26-17/h4-7,14H,1-3,8-11H2,(H,23,27)(H,24,28)(H,25,26,29). The van der Waals surface area contributed by atoms with Crippen molar-refractivity contribution in [2.24, 2.45) is 0 Å².